The van der Waals surface area contributed by atoms with Crippen LogP contribution < -0.4 is 25.6 Å². The van der Waals surface area contributed by atoms with Crippen LogP contribution in [0, 0.1) is 0 Å². The summed E-state index contributed by atoms with van der Waals surface area (Å²) >= 11 is 0. The number of anilines is 3. The summed E-state index contributed by atoms with van der Waals surface area (Å²) in [5.41, 5.74) is 7.58. The van der Waals surface area contributed by atoms with Crippen molar-refractivity contribution in [1.29, 1.82) is 0 Å². The molecule has 53 heavy (non-hydrogen) atoms. The summed E-state index contributed by atoms with van der Waals surface area (Å²) in [7, 11) is -2.94. The van der Waals surface area contributed by atoms with E-state index in [4.69, 9.17) is 4.98 Å². The number of imidazole rings is 1. The van der Waals surface area contributed by atoms with Gasteiger partial charge in [-0.15, -0.1) is 0 Å². The number of benzene rings is 8. The van der Waals surface area contributed by atoms with Gasteiger partial charge in [0.25, 0.3) is 0 Å². The van der Waals surface area contributed by atoms with Crippen LogP contribution in [0.2, 0.25) is 0 Å². The van der Waals surface area contributed by atoms with Gasteiger partial charge in [-0.25, -0.2) is 4.98 Å². The monoisotopic (exact) mass is 695 g/mol. The summed E-state index contributed by atoms with van der Waals surface area (Å²) < 4.78 is 2.29. The number of hydrogen-bond donors (Lipinski definition) is 0. The van der Waals surface area contributed by atoms with Gasteiger partial charge in [0, 0.05) is 28.3 Å². The van der Waals surface area contributed by atoms with E-state index >= 15 is 0 Å². The molecule has 0 aliphatic rings. The molecule has 0 atom stereocenters. The zero-order valence-electron chi connectivity index (χ0n) is 29.2. The van der Waals surface area contributed by atoms with E-state index in [0.29, 0.717) is 0 Å². The molecule has 0 amide bonds. The topological polar surface area (TPSA) is 21.1 Å². The van der Waals surface area contributed by atoms with Crippen molar-refractivity contribution >= 4 is 56.9 Å². The van der Waals surface area contributed by atoms with E-state index < -0.39 is 8.07 Å². The number of aromatic nitrogens is 2. The molecule has 252 valence electrons. The molecular weight excluding hydrogens is 659 g/mol. The zero-order chi connectivity index (χ0) is 35.5. The van der Waals surface area contributed by atoms with Crippen LogP contribution in [0.15, 0.2) is 224 Å². The van der Waals surface area contributed by atoms with E-state index in [1.807, 2.05) is 0 Å². The average molecular weight is 696 g/mol. The normalized spacial score (nSPS) is 11.4. The van der Waals surface area contributed by atoms with Crippen LogP contribution in [0.3, 0.4) is 0 Å². The molecule has 0 spiro atoms. The first-order valence-electron chi connectivity index (χ1n) is 18.1. The van der Waals surface area contributed by atoms with Crippen LogP contribution >= 0.6 is 0 Å². The van der Waals surface area contributed by atoms with E-state index in [0.717, 1.165) is 45.2 Å². The first kappa shape index (κ1) is 32.2. The predicted molar refractivity (Wildman–Crippen MR) is 225 cm³/mol. The minimum absolute atomic E-state index is 0.927. The van der Waals surface area contributed by atoms with Crippen molar-refractivity contribution in [3.8, 4) is 17.1 Å². The largest absolute Gasteiger partial charge is 0.311 e. The smallest absolute Gasteiger partial charge is 0.179 e. The lowest BCUT2D eigenvalue weighted by Crippen LogP contribution is -2.74. The Kier molecular flexibility index (Phi) is 8.56. The molecule has 0 bridgehead atoms. The Labute approximate surface area is 311 Å². The fraction of sp³-hybridized carbons (Fsp3) is 0. The third kappa shape index (κ3) is 5.85. The van der Waals surface area contributed by atoms with Gasteiger partial charge in [-0.05, 0) is 81.4 Å². The third-order valence-corrected chi connectivity index (χ3v) is 14.9. The van der Waals surface area contributed by atoms with Crippen molar-refractivity contribution in [3.05, 3.63) is 224 Å². The van der Waals surface area contributed by atoms with Gasteiger partial charge in [0.05, 0.1) is 11.0 Å². The molecule has 0 unspecified atom stereocenters. The molecule has 0 aliphatic heterocycles. The predicted octanol–water partition coefficient (Wildman–Crippen LogP) is 9.54. The second-order valence-corrected chi connectivity index (χ2v) is 17.0. The highest BCUT2D eigenvalue weighted by Gasteiger charge is 2.42. The lowest BCUT2D eigenvalue weighted by molar-refractivity contribution is 1.10. The number of rotatable bonds is 9. The Balaban J connectivity index is 1.32. The summed E-state index contributed by atoms with van der Waals surface area (Å²) in [5.74, 6) is 0.927. The van der Waals surface area contributed by atoms with E-state index in [2.05, 4.69) is 234 Å². The Bertz CT molecular complexity index is 2530. The first-order valence-corrected chi connectivity index (χ1v) is 20.1. The Hall–Kier alpha value is -6.75. The summed E-state index contributed by atoms with van der Waals surface area (Å²) in [6.45, 7) is 0. The molecule has 0 fully saturated rings. The number of fused-ring (bicyclic) bond motifs is 1. The summed E-state index contributed by atoms with van der Waals surface area (Å²) in [5, 5.41) is 5.24. The minimum atomic E-state index is -2.94. The standard InChI is InChI=1S/C49H37N3Si/c1-6-21-39(22-7-1)51(40-23-8-2-9-24-40)42-27-19-33-46(37-42)53(43-28-12-4-13-29-43,44-30-14-5-15-31-44)45-32-18-20-38(36-45)49-50-47-34-16-17-35-48(47)52(49)41-25-10-3-11-26-41/h1-37H. The molecular formula is C49H37N3Si. The van der Waals surface area contributed by atoms with E-state index in [1.165, 1.54) is 20.7 Å². The Morgan fingerprint density at radius 1 is 0.377 bits per heavy atom. The molecule has 8 aromatic carbocycles. The van der Waals surface area contributed by atoms with Gasteiger partial charge in [0.1, 0.15) is 5.82 Å². The van der Waals surface area contributed by atoms with Gasteiger partial charge in [0.15, 0.2) is 8.07 Å². The highest BCUT2D eigenvalue weighted by molar-refractivity contribution is 7.20. The van der Waals surface area contributed by atoms with Crippen LogP contribution in [-0.4, -0.2) is 17.6 Å². The fourth-order valence-corrected chi connectivity index (χ4v) is 12.6. The Morgan fingerprint density at radius 3 is 1.43 bits per heavy atom. The van der Waals surface area contributed by atoms with Crippen molar-refractivity contribution in [2.75, 3.05) is 4.90 Å². The van der Waals surface area contributed by atoms with E-state index in [-0.39, 0.29) is 0 Å². The summed E-state index contributed by atoms with van der Waals surface area (Å²) in [4.78, 5) is 7.64. The SMILES string of the molecule is c1ccc(N(c2ccccc2)c2cccc([Si](c3ccccc3)(c3ccccc3)c3cccc(-c4nc5ccccc5n4-c4ccccc4)c3)c2)cc1. The highest BCUT2D eigenvalue weighted by atomic mass is 28.3. The van der Waals surface area contributed by atoms with Crippen LogP contribution in [0.5, 0.6) is 0 Å². The van der Waals surface area contributed by atoms with Crippen LogP contribution in [0.4, 0.5) is 17.1 Å². The van der Waals surface area contributed by atoms with Crippen molar-refractivity contribution in [1.82, 2.24) is 9.55 Å². The molecule has 0 radical (unpaired) electrons. The molecule has 0 saturated heterocycles. The van der Waals surface area contributed by atoms with Crippen LogP contribution in [-0.2, 0) is 0 Å². The van der Waals surface area contributed by atoms with Gasteiger partial charge in [0.2, 0.25) is 0 Å². The van der Waals surface area contributed by atoms with E-state index in [1.54, 1.807) is 0 Å². The van der Waals surface area contributed by atoms with Crippen molar-refractivity contribution in [2.45, 2.75) is 0 Å². The maximum absolute atomic E-state index is 5.28. The lowest BCUT2D eigenvalue weighted by atomic mass is 10.2. The molecule has 0 N–H and O–H groups in total. The second kappa shape index (κ2) is 14.1. The molecule has 0 saturated carbocycles. The lowest BCUT2D eigenvalue weighted by Gasteiger charge is -2.35. The van der Waals surface area contributed by atoms with Gasteiger partial charge in [-0.2, -0.15) is 0 Å². The molecule has 0 aliphatic carbocycles. The van der Waals surface area contributed by atoms with E-state index in [9.17, 15) is 0 Å². The fourth-order valence-electron chi connectivity index (χ4n) is 7.81. The van der Waals surface area contributed by atoms with Gasteiger partial charge < -0.3 is 4.90 Å². The van der Waals surface area contributed by atoms with Gasteiger partial charge in [-0.1, -0.05) is 164 Å². The van der Waals surface area contributed by atoms with Crippen molar-refractivity contribution in [2.24, 2.45) is 0 Å². The molecule has 3 nitrogen and oxygen atoms in total. The van der Waals surface area contributed by atoms with Crippen molar-refractivity contribution < 1.29 is 0 Å². The second-order valence-electron chi connectivity index (χ2n) is 13.2. The highest BCUT2D eigenvalue weighted by Crippen LogP contribution is 2.34. The minimum Gasteiger partial charge on any atom is -0.311 e. The molecule has 9 aromatic rings. The van der Waals surface area contributed by atoms with Crippen LogP contribution in [0.1, 0.15) is 0 Å². The first-order chi connectivity index (χ1) is 26.3. The molecule has 4 heteroatoms. The Morgan fingerprint density at radius 2 is 0.830 bits per heavy atom. The van der Waals surface area contributed by atoms with Crippen LogP contribution in [0.25, 0.3) is 28.1 Å². The average Bonchev–Trinajstić information content (AvgIpc) is 3.64. The number of para-hydroxylation sites is 5. The third-order valence-electron chi connectivity index (χ3n) is 10.1. The zero-order valence-corrected chi connectivity index (χ0v) is 30.2. The summed E-state index contributed by atoms with van der Waals surface area (Å²) in [6.07, 6.45) is 0. The van der Waals surface area contributed by atoms with Gasteiger partial charge >= 0.3 is 0 Å². The quantitative estimate of drug-likeness (QED) is 0.111. The maximum atomic E-state index is 5.28. The summed E-state index contributed by atoms with van der Waals surface area (Å²) in [6, 6.07) is 81.0. The number of hydrogen-bond acceptors (Lipinski definition) is 2. The van der Waals surface area contributed by atoms with Crippen molar-refractivity contribution in [3.63, 3.8) is 0 Å². The maximum Gasteiger partial charge on any atom is 0.179 e. The molecule has 9 rings (SSSR count). The molecule has 1 aromatic heterocycles. The molecule has 1 heterocycles. The van der Waals surface area contributed by atoms with Gasteiger partial charge in [-0.3, -0.25) is 4.57 Å². The number of nitrogens with zero attached hydrogens (tertiary/aromatic N) is 3.